The zero-order valence-electron chi connectivity index (χ0n) is 13.9. The second-order valence-electron chi connectivity index (χ2n) is 5.84. The zero-order chi connectivity index (χ0) is 16.5. The molecule has 23 heavy (non-hydrogen) atoms. The monoisotopic (exact) mass is 321 g/mol. The highest BCUT2D eigenvalue weighted by atomic mass is 16.5. The Labute approximate surface area is 137 Å². The van der Waals surface area contributed by atoms with Gasteiger partial charge in [-0.15, -0.1) is 0 Å². The number of hydrogen-bond acceptors (Lipinski definition) is 5. The minimum absolute atomic E-state index is 0.137. The van der Waals surface area contributed by atoms with Crippen molar-refractivity contribution in [1.29, 1.82) is 0 Å². The maximum atomic E-state index is 11.7. The SMILES string of the molecule is CC1CN(CCNC(=O)NCCNc2ccccn2)CC(C)O1. The van der Waals surface area contributed by atoms with Crippen LogP contribution in [0.5, 0.6) is 0 Å². The summed E-state index contributed by atoms with van der Waals surface area (Å²) < 4.78 is 5.69. The van der Waals surface area contributed by atoms with Crippen LogP contribution in [0.15, 0.2) is 24.4 Å². The van der Waals surface area contributed by atoms with Crippen LogP contribution in [0.25, 0.3) is 0 Å². The number of nitrogens with one attached hydrogen (secondary N) is 3. The zero-order valence-corrected chi connectivity index (χ0v) is 13.9. The van der Waals surface area contributed by atoms with Gasteiger partial charge < -0.3 is 20.7 Å². The van der Waals surface area contributed by atoms with Crippen LogP contribution in [0.3, 0.4) is 0 Å². The molecule has 0 saturated carbocycles. The summed E-state index contributed by atoms with van der Waals surface area (Å²) in [7, 11) is 0. The average molecular weight is 321 g/mol. The van der Waals surface area contributed by atoms with Gasteiger partial charge in [0.15, 0.2) is 0 Å². The minimum Gasteiger partial charge on any atom is -0.373 e. The van der Waals surface area contributed by atoms with E-state index in [9.17, 15) is 4.79 Å². The fraction of sp³-hybridized carbons (Fsp3) is 0.625. The van der Waals surface area contributed by atoms with Crippen molar-refractivity contribution in [2.75, 3.05) is 44.6 Å². The molecule has 0 radical (unpaired) electrons. The van der Waals surface area contributed by atoms with E-state index in [0.29, 0.717) is 19.6 Å². The lowest BCUT2D eigenvalue weighted by atomic mass is 10.2. The summed E-state index contributed by atoms with van der Waals surface area (Å²) in [6.45, 7) is 8.67. The molecular weight excluding hydrogens is 294 g/mol. The quantitative estimate of drug-likeness (QED) is 0.651. The Kier molecular flexibility index (Phi) is 7.09. The van der Waals surface area contributed by atoms with Gasteiger partial charge >= 0.3 is 6.03 Å². The molecule has 0 aliphatic carbocycles. The number of urea groups is 1. The first-order chi connectivity index (χ1) is 11.1. The van der Waals surface area contributed by atoms with E-state index in [0.717, 1.165) is 25.5 Å². The van der Waals surface area contributed by atoms with Gasteiger partial charge in [0.05, 0.1) is 12.2 Å². The lowest BCUT2D eigenvalue weighted by Crippen LogP contribution is -2.48. The largest absolute Gasteiger partial charge is 0.373 e. The second-order valence-corrected chi connectivity index (χ2v) is 5.84. The van der Waals surface area contributed by atoms with Crippen molar-refractivity contribution >= 4 is 11.8 Å². The Morgan fingerprint density at radius 2 is 1.96 bits per heavy atom. The van der Waals surface area contributed by atoms with Gasteiger partial charge in [0.2, 0.25) is 0 Å². The summed E-state index contributed by atoms with van der Waals surface area (Å²) in [6.07, 6.45) is 2.24. The topological polar surface area (TPSA) is 78.5 Å². The van der Waals surface area contributed by atoms with Crippen LogP contribution in [-0.4, -0.2) is 67.4 Å². The highest BCUT2D eigenvalue weighted by molar-refractivity contribution is 5.73. The molecule has 1 aliphatic heterocycles. The molecule has 0 spiro atoms. The maximum Gasteiger partial charge on any atom is 0.314 e. The Bertz CT molecular complexity index is 461. The van der Waals surface area contributed by atoms with E-state index in [2.05, 4.69) is 39.7 Å². The van der Waals surface area contributed by atoms with Crippen LogP contribution in [0.2, 0.25) is 0 Å². The van der Waals surface area contributed by atoms with Gasteiger partial charge in [-0.05, 0) is 26.0 Å². The number of rotatable bonds is 7. The predicted octanol–water partition coefficient (Wildman–Crippen LogP) is 0.902. The first-order valence-electron chi connectivity index (χ1n) is 8.18. The van der Waals surface area contributed by atoms with Crippen molar-refractivity contribution in [1.82, 2.24) is 20.5 Å². The van der Waals surface area contributed by atoms with Gasteiger partial charge in [-0.1, -0.05) is 6.07 Å². The van der Waals surface area contributed by atoms with Crippen molar-refractivity contribution < 1.29 is 9.53 Å². The molecule has 1 saturated heterocycles. The molecule has 7 heteroatoms. The molecule has 1 aliphatic rings. The third kappa shape index (κ3) is 6.83. The van der Waals surface area contributed by atoms with E-state index in [1.165, 1.54) is 0 Å². The summed E-state index contributed by atoms with van der Waals surface area (Å²) in [4.78, 5) is 18.2. The summed E-state index contributed by atoms with van der Waals surface area (Å²) in [6, 6.07) is 5.54. The number of hydrogen-bond donors (Lipinski definition) is 3. The standard InChI is InChI=1S/C16H27N5O2/c1-13-11-21(12-14(2)23-13)10-9-20-16(22)19-8-7-18-15-5-3-4-6-17-15/h3-6,13-14H,7-12H2,1-2H3,(H,17,18)(H2,19,20,22). The number of amides is 2. The molecule has 3 N–H and O–H groups in total. The second kappa shape index (κ2) is 9.32. The van der Waals surface area contributed by atoms with Crippen molar-refractivity contribution in [3.05, 3.63) is 24.4 Å². The van der Waals surface area contributed by atoms with E-state index < -0.39 is 0 Å². The molecule has 2 heterocycles. The molecular formula is C16H27N5O2. The highest BCUT2D eigenvalue weighted by Crippen LogP contribution is 2.09. The third-order valence-electron chi connectivity index (χ3n) is 3.59. The Morgan fingerprint density at radius 3 is 2.65 bits per heavy atom. The first kappa shape index (κ1) is 17.5. The molecule has 128 valence electrons. The number of morpholine rings is 1. The maximum absolute atomic E-state index is 11.7. The molecule has 1 fully saturated rings. The predicted molar refractivity (Wildman–Crippen MR) is 90.6 cm³/mol. The molecule has 7 nitrogen and oxygen atoms in total. The number of carbonyl (C=O) groups is 1. The van der Waals surface area contributed by atoms with Crippen molar-refractivity contribution in [3.8, 4) is 0 Å². The summed E-state index contributed by atoms with van der Waals surface area (Å²) >= 11 is 0. The van der Waals surface area contributed by atoms with Gasteiger partial charge in [0, 0.05) is 45.5 Å². The van der Waals surface area contributed by atoms with Crippen LogP contribution in [0.1, 0.15) is 13.8 Å². The number of ether oxygens (including phenoxy) is 1. The number of carbonyl (C=O) groups excluding carboxylic acids is 1. The Morgan fingerprint density at radius 1 is 1.22 bits per heavy atom. The van der Waals surface area contributed by atoms with Gasteiger partial charge in [-0.25, -0.2) is 9.78 Å². The fourth-order valence-electron chi connectivity index (χ4n) is 2.69. The van der Waals surface area contributed by atoms with Crippen molar-refractivity contribution in [3.63, 3.8) is 0 Å². The first-order valence-corrected chi connectivity index (χ1v) is 8.18. The van der Waals surface area contributed by atoms with Gasteiger partial charge in [0.25, 0.3) is 0 Å². The molecule has 0 aromatic carbocycles. The molecule has 2 amide bonds. The van der Waals surface area contributed by atoms with E-state index >= 15 is 0 Å². The van der Waals surface area contributed by atoms with E-state index in [4.69, 9.17) is 4.74 Å². The molecule has 1 aromatic rings. The van der Waals surface area contributed by atoms with Gasteiger partial charge in [-0.3, -0.25) is 4.90 Å². The molecule has 2 atom stereocenters. The fourth-order valence-corrected chi connectivity index (χ4v) is 2.69. The Balaban J connectivity index is 1.51. The Hall–Kier alpha value is -1.86. The number of pyridine rings is 1. The minimum atomic E-state index is -0.137. The highest BCUT2D eigenvalue weighted by Gasteiger charge is 2.21. The van der Waals surface area contributed by atoms with Crippen LogP contribution >= 0.6 is 0 Å². The molecule has 1 aromatic heterocycles. The molecule has 2 unspecified atom stereocenters. The van der Waals surface area contributed by atoms with E-state index in [1.54, 1.807) is 6.20 Å². The molecule has 2 rings (SSSR count). The average Bonchev–Trinajstić information content (AvgIpc) is 2.52. The lowest BCUT2D eigenvalue weighted by Gasteiger charge is -2.35. The van der Waals surface area contributed by atoms with E-state index in [1.807, 2.05) is 18.2 Å². The normalized spacial score (nSPS) is 21.7. The van der Waals surface area contributed by atoms with Gasteiger partial charge in [0.1, 0.15) is 5.82 Å². The van der Waals surface area contributed by atoms with Crippen molar-refractivity contribution in [2.45, 2.75) is 26.1 Å². The lowest BCUT2D eigenvalue weighted by molar-refractivity contribution is -0.0672. The smallest absolute Gasteiger partial charge is 0.314 e. The summed E-state index contributed by atoms with van der Waals surface area (Å²) in [5.41, 5.74) is 0. The molecule has 0 bridgehead atoms. The number of anilines is 1. The van der Waals surface area contributed by atoms with Crippen LogP contribution in [-0.2, 0) is 4.74 Å². The number of aromatic nitrogens is 1. The van der Waals surface area contributed by atoms with Crippen LogP contribution in [0, 0.1) is 0 Å². The summed E-state index contributed by atoms with van der Waals surface area (Å²) in [5, 5.41) is 8.85. The van der Waals surface area contributed by atoms with Crippen LogP contribution in [0.4, 0.5) is 10.6 Å². The third-order valence-corrected chi connectivity index (χ3v) is 3.59. The van der Waals surface area contributed by atoms with Crippen LogP contribution < -0.4 is 16.0 Å². The van der Waals surface area contributed by atoms with Crippen molar-refractivity contribution in [2.24, 2.45) is 0 Å². The summed E-state index contributed by atoms with van der Waals surface area (Å²) in [5.74, 6) is 0.810. The van der Waals surface area contributed by atoms with Gasteiger partial charge in [-0.2, -0.15) is 0 Å². The van der Waals surface area contributed by atoms with E-state index in [-0.39, 0.29) is 18.2 Å². The number of nitrogens with zero attached hydrogens (tertiary/aromatic N) is 2.